The number of anilines is 3. The number of unbranched alkanes of at least 4 members (excludes halogenated alkanes) is 2. The van der Waals surface area contributed by atoms with Gasteiger partial charge in [0.15, 0.2) is 5.82 Å². The van der Waals surface area contributed by atoms with Crippen LogP contribution in [0.4, 0.5) is 17.2 Å². The number of imidazole rings is 1. The van der Waals surface area contributed by atoms with E-state index in [2.05, 4.69) is 41.3 Å². The van der Waals surface area contributed by atoms with Crippen molar-refractivity contribution in [1.29, 1.82) is 0 Å². The van der Waals surface area contributed by atoms with Gasteiger partial charge >= 0.3 is 0 Å². The molecule has 5 N–H and O–H groups in total. The van der Waals surface area contributed by atoms with Crippen LogP contribution in [-0.4, -0.2) is 91.8 Å². The third-order valence-corrected chi connectivity index (χ3v) is 13.1. The molecular formula is C48H46Cl2N10O6. The number of carbonyl (C=O) groups is 6. The molecule has 2 fully saturated rings. The molecule has 66 heavy (non-hydrogen) atoms. The van der Waals surface area contributed by atoms with Crippen molar-refractivity contribution in [2.75, 3.05) is 35.2 Å². The predicted molar refractivity (Wildman–Crippen MR) is 251 cm³/mol. The number of benzene rings is 4. The van der Waals surface area contributed by atoms with E-state index in [1.807, 2.05) is 59.2 Å². The zero-order valence-corrected chi connectivity index (χ0v) is 37.3. The number of nitrogens with zero attached hydrogens (tertiary/aromatic N) is 5. The molecule has 16 nitrogen and oxygen atoms in total. The number of rotatable bonds is 15. The van der Waals surface area contributed by atoms with Crippen LogP contribution in [-0.2, 0) is 20.9 Å². The van der Waals surface area contributed by atoms with Gasteiger partial charge in [0.1, 0.15) is 6.04 Å². The molecule has 5 heterocycles. The fourth-order valence-corrected chi connectivity index (χ4v) is 9.33. The first-order valence-corrected chi connectivity index (χ1v) is 22.7. The summed E-state index contributed by atoms with van der Waals surface area (Å²) < 4.78 is 1.99. The lowest BCUT2D eigenvalue weighted by atomic mass is 10.0. The summed E-state index contributed by atoms with van der Waals surface area (Å²) in [7, 11) is 0. The summed E-state index contributed by atoms with van der Waals surface area (Å²) in [6.07, 6.45) is 6.16. The number of carbonyl (C=O) groups excluding carboxylic acids is 6. The summed E-state index contributed by atoms with van der Waals surface area (Å²) in [6.45, 7) is 2.34. The fourth-order valence-electron chi connectivity index (χ4n) is 8.81. The molecule has 4 aromatic carbocycles. The molecule has 18 heteroatoms. The van der Waals surface area contributed by atoms with Crippen LogP contribution in [0.3, 0.4) is 0 Å². The number of piperidine rings is 2. The molecule has 0 aliphatic carbocycles. The molecular weight excluding hydrogens is 883 g/mol. The summed E-state index contributed by atoms with van der Waals surface area (Å²) in [5.41, 5.74) is 6.65. The molecule has 3 aliphatic heterocycles. The highest BCUT2D eigenvalue weighted by atomic mass is 35.5. The lowest BCUT2D eigenvalue weighted by Crippen LogP contribution is -2.54. The Morgan fingerprint density at radius 1 is 0.833 bits per heavy atom. The van der Waals surface area contributed by atoms with E-state index in [1.54, 1.807) is 36.7 Å². The van der Waals surface area contributed by atoms with E-state index >= 15 is 0 Å². The molecule has 0 radical (unpaired) electrons. The van der Waals surface area contributed by atoms with Gasteiger partial charge in [0.2, 0.25) is 17.7 Å². The number of aromatic nitrogens is 4. The first-order chi connectivity index (χ1) is 32.0. The van der Waals surface area contributed by atoms with Crippen molar-refractivity contribution in [3.8, 4) is 11.3 Å². The Morgan fingerprint density at radius 2 is 1.61 bits per heavy atom. The van der Waals surface area contributed by atoms with Gasteiger partial charge in [-0.2, -0.15) is 5.10 Å². The maximum Gasteiger partial charge on any atom is 0.264 e. The second-order valence-electron chi connectivity index (χ2n) is 16.7. The molecule has 9 rings (SSSR count). The summed E-state index contributed by atoms with van der Waals surface area (Å²) in [4.78, 5) is 84.5. The first-order valence-electron chi connectivity index (χ1n) is 22.0. The van der Waals surface area contributed by atoms with E-state index in [0.717, 1.165) is 57.7 Å². The minimum Gasteiger partial charge on any atom is -0.385 e. The highest BCUT2D eigenvalue weighted by Crippen LogP contribution is 2.36. The molecule has 0 spiro atoms. The topological polar surface area (TPSA) is 204 Å². The highest BCUT2D eigenvalue weighted by Gasteiger charge is 2.46. The van der Waals surface area contributed by atoms with E-state index in [9.17, 15) is 28.8 Å². The van der Waals surface area contributed by atoms with Crippen LogP contribution in [0.5, 0.6) is 0 Å². The summed E-state index contributed by atoms with van der Waals surface area (Å²) in [6, 6.07) is 24.4. The summed E-state index contributed by atoms with van der Waals surface area (Å²) in [5, 5.41) is 20.1. The van der Waals surface area contributed by atoms with Crippen molar-refractivity contribution in [1.82, 2.24) is 35.3 Å². The van der Waals surface area contributed by atoms with Gasteiger partial charge in [-0.05, 0) is 92.8 Å². The zero-order valence-electron chi connectivity index (χ0n) is 35.7. The number of nitrogens with one attached hydrogen (secondary N) is 5. The Balaban J connectivity index is 0.679. The molecule has 3 aliphatic rings. The van der Waals surface area contributed by atoms with E-state index in [4.69, 9.17) is 23.2 Å². The largest absolute Gasteiger partial charge is 0.385 e. The van der Waals surface area contributed by atoms with Crippen LogP contribution >= 0.6 is 23.2 Å². The Morgan fingerprint density at radius 3 is 2.38 bits per heavy atom. The van der Waals surface area contributed by atoms with Crippen molar-refractivity contribution >= 4 is 86.9 Å². The lowest BCUT2D eigenvalue weighted by Gasteiger charge is -2.35. The molecule has 0 bridgehead atoms. The molecule has 2 aromatic heterocycles. The molecule has 1 atom stereocenters. The maximum absolute atomic E-state index is 13.6. The first kappa shape index (κ1) is 44.2. The second kappa shape index (κ2) is 19.2. The van der Waals surface area contributed by atoms with Gasteiger partial charge in [-0.25, -0.2) is 4.98 Å². The summed E-state index contributed by atoms with van der Waals surface area (Å²) >= 11 is 12.9. The van der Waals surface area contributed by atoms with Crippen LogP contribution in [0.2, 0.25) is 10.0 Å². The number of H-pyrrole nitrogens is 1. The Bertz CT molecular complexity index is 2850. The number of amides is 6. The average Bonchev–Trinajstić information content (AvgIpc) is 4.02. The van der Waals surface area contributed by atoms with Gasteiger partial charge in [-0.15, -0.1) is 0 Å². The summed E-state index contributed by atoms with van der Waals surface area (Å²) in [5.74, 6) is -2.01. The molecule has 0 saturated carbocycles. The van der Waals surface area contributed by atoms with Crippen molar-refractivity contribution in [3.05, 3.63) is 124 Å². The van der Waals surface area contributed by atoms with Crippen molar-refractivity contribution in [2.24, 2.45) is 0 Å². The van der Waals surface area contributed by atoms with Crippen LogP contribution in [0.15, 0.2) is 91.3 Å². The Kier molecular flexibility index (Phi) is 12.9. The van der Waals surface area contributed by atoms with Crippen LogP contribution < -0.4 is 26.2 Å². The normalized spacial score (nSPS) is 16.4. The molecule has 338 valence electrons. The van der Waals surface area contributed by atoms with Gasteiger partial charge in [0, 0.05) is 77.0 Å². The maximum atomic E-state index is 13.6. The predicted octanol–water partition coefficient (Wildman–Crippen LogP) is 7.19. The van der Waals surface area contributed by atoms with Gasteiger partial charge in [-0.1, -0.05) is 47.8 Å². The fraction of sp³-hybridized carbons (Fsp3) is 0.292. The molecule has 2 saturated heterocycles. The number of hydrogen-bond acceptors (Lipinski definition) is 10. The molecule has 6 aromatic rings. The Hall–Kier alpha value is -7.04. The van der Waals surface area contributed by atoms with E-state index < -0.39 is 29.7 Å². The van der Waals surface area contributed by atoms with Gasteiger partial charge < -0.3 is 25.4 Å². The Labute approximate surface area is 389 Å². The number of fused-ring (bicyclic) bond motifs is 2. The third kappa shape index (κ3) is 9.37. The second-order valence-corrected chi connectivity index (χ2v) is 17.5. The quantitative estimate of drug-likeness (QED) is 0.0518. The van der Waals surface area contributed by atoms with Crippen molar-refractivity contribution in [3.63, 3.8) is 0 Å². The van der Waals surface area contributed by atoms with Crippen molar-refractivity contribution < 1.29 is 28.8 Å². The lowest BCUT2D eigenvalue weighted by molar-refractivity contribution is -0.136. The minimum absolute atomic E-state index is 0.00298. The van der Waals surface area contributed by atoms with Crippen LogP contribution in [0, 0.1) is 0 Å². The van der Waals surface area contributed by atoms with Gasteiger partial charge in [0.05, 0.1) is 46.4 Å². The SMILES string of the molecule is O=C1CCC(N2C(=O)c3cccc(N4CCC(NC(=O)CCCCCNc5ccc(C(=O)Nc6cc(-c7ccc8ncn(Cc9c(Cl)cccc9Cl)c8c7)[nH]n6)cc5)CC4)c3C2=O)C(=O)N1. The van der Waals surface area contributed by atoms with Crippen LogP contribution in [0.1, 0.15) is 88.0 Å². The number of halogens is 2. The third-order valence-electron chi connectivity index (χ3n) is 12.3. The zero-order chi connectivity index (χ0) is 45.9. The van der Waals surface area contributed by atoms with Gasteiger partial charge in [-0.3, -0.25) is 44.1 Å². The molecule has 1 unspecified atom stereocenters. The molecule has 6 amide bonds. The smallest absolute Gasteiger partial charge is 0.264 e. The van der Waals surface area contributed by atoms with Gasteiger partial charge in [0.25, 0.3) is 17.7 Å². The minimum atomic E-state index is -1.02. The van der Waals surface area contributed by atoms with E-state index in [0.29, 0.717) is 72.6 Å². The average molecular weight is 930 g/mol. The standard InChI is InChI=1S/C48H46Cl2N10O6/c49-34-7-5-8-35(50)33(34)26-59-27-52-36-16-13-29(24-40(36)59)37-25-41(57-56-37)54-45(63)28-11-14-30(15-12-28)51-21-3-1-2-10-42(61)53-31-19-22-58(23-20-31)38-9-4-6-32-44(38)48(66)60(47(32)65)39-17-18-43(62)55-46(39)64/h4-9,11-16,24-25,27,31,39,51H,1-3,10,17-23,26H2,(H,53,61)(H,55,62,64)(H2,54,56,57,63). The number of hydrogen-bond donors (Lipinski definition) is 5. The van der Waals surface area contributed by atoms with Crippen molar-refractivity contribution in [2.45, 2.75) is 70.0 Å². The number of imide groups is 2. The monoisotopic (exact) mass is 928 g/mol. The van der Waals surface area contributed by atoms with E-state index in [-0.39, 0.29) is 41.8 Å². The number of aromatic amines is 1. The van der Waals surface area contributed by atoms with Crippen LogP contribution in [0.25, 0.3) is 22.3 Å². The highest BCUT2D eigenvalue weighted by molar-refractivity contribution is 6.36. The van der Waals surface area contributed by atoms with E-state index in [1.165, 1.54) is 0 Å².